The van der Waals surface area contributed by atoms with Crippen molar-refractivity contribution < 1.29 is 27.5 Å². The van der Waals surface area contributed by atoms with Crippen LogP contribution in [-0.2, 0) is 19.6 Å². The minimum Gasteiger partial charge on any atom is -0.495 e. The molecule has 178 valence electrons. The maximum absolute atomic E-state index is 12.7. The molecule has 0 saturated heterocycles. The topological polar surface area (TPSA) is 111 Å². The molecule has 34 heavy (non-hydrogen) atoms. The van der Waals surface area contributed by atoms with Crippen molar-refractivity contribution in [1.82, 2.24) is 0 Å². The molecule has 0 aliphatic rings. The number of benzene rings is 3. The molecule has 2 N–H and O–H groups in total. The first kappa shape index (κ1) is 24.8. The minimum atomic E-state index is -3.93. The van der Waals surface area contributed by atoms with Gasteiger partial charge in [-0.1, -0.05) is 29.8 Å². The Morgan fingerprint density at radius 2 is 1.59 bits per heavy atom. The summed E-state index contributed by atoms with van der Waals surface area (Å²) in [5.74, 6) is -0.912. The van der Waals surface area contributed by atoms with Crippen LogP contribution in [0.25, 0.3) is 0 Å². The molecule has 0 aromatic heterocycles. The second-order valence-corrected chi connectivity index (χ2v) is 9.42. The van der Waals surface area contributed by atoms with Crippen LogP contribution >= 0.6 is 0 Å². The molecule has 3 aromatic rings. The number of methoxy groups -OCH3 is 1. The largest absolute Gasteiger partial charge is 0.495 e. The van der Waals surface area contributed by atoms with Gasteiger partial charge in [-0.15, -0.1) is 0 Å². The normalized spacial score (nSPS) is 11.9. The Morgan fingerprint density at radius 1 is 0.912 bits per heavy atom. The highest BCUT2D eigenvalue weighted by molar-refractivity contribution is 7.92. The van der Waals surface area contributed by atoms with E-state index in [1.54, 1.807) is 36.4 Å². The number of rotatable bonds is 8. The molecule has 0 radical (unpaired) electrons. The fourth-order valence-electron chi connectivity index (χ4n) is 3.06. The van der Waals surface area contributed by atoms with Gasteiger partial charge < -0.3 is 14.8 Å². The summed E-state index contributed by atoms with van der Waals surface area (Å²) in [6.45, 7) is 5.19. The molecule has 0 spiro atoms. The van der Waals surface area contributed by atoms with Gasteiger partial charge in [0.1, 0.15) is 5.75 Å². The Labute approximate surface area is 199 Å². The number of anilines is 2. The molecule has 3 rings (SSSR count). The predicted molar refractivity (Wildman–Crippen MR) is 130 cm³/mol. The van der Waals surface area contributed by atoms with Crippen molar-refractivity contribution in [2.24, 2.45) is 0 Å². The summed E-state index contributed by atoms with van der Waals surface area (Å²) in [7, 11) is -2.45. The second-order valence-electron chi connectivity index (χ2n) is 7.74. The molecular formula is C25H26N2O6S. The van der Waals surface area contributed by atoms with E-state index >= 15 is 0 Å². The zero-order chi connectivity index (χ0) is 24.9. The van der Waals surface area contributed by atoms with Gasteiger partial charge in [0.15, 0.2) is 6.10 Å². The second kappa shape index (κ2) is 10.4. The summed E-state index contributed by atoms with van der Waals surface area (Å²) < 4.78 is 38.5. The van der Waals surface area contributed by atoms with Gasteiger partial charge in [0.25, 0.3) is 15.9 Å². The third kappa shape index (κ3) is 6.14. The van der Waals surface area contributed by atoms with Gasteiger partial charge in [0.05, 0.1) is 23.3 Å². The summed E-state index contributed by atoms with van der Waals surface area (Å²) in [5.41, 5.74) is 2.75. The van der Waals surface area contributed by atoms with Crippen molar-refractivity contribution in [2.75, 3.05) is 17.1 Å². The number of hydrogen-bond acceptors (Lipinski definition) is 6. The van der Waals surface area contributed by atoms with Crippen LogP contribution in [0, 0.1) is 13.8 Å². The van der Waals surface area contributed by atoms with E-state index in [0.717, 1.165) is 11.1 Å². The number of esters is 1. The van der Waals surface area contributed by atoms with Crippen molar-refractivity contribution >= 4 is 33.3 Å². The Bertz CT molecular complexity index is 1300. The Hall–Kier alpha value is -3.85. The van der Waals surface area contributed by atoms with Gasteiger partial charge >= 0.3 is 5.97 Å². The smallest absolute Gasteiger partial charge is 0.338 e. The van der Waals surface area contributed by atoms with E-state index in [0.29, 0.717) is 17.1 Å². The van der Waals surface area contributed by atoms with E-state index < -0.39 is 28.0 Å². The maximum Gasteiger partial charge on any atom is 0.338 e. The lowest BCUT2D eigenvalue weighted by atomic mass is 10.2. The van der Waals surface area contributed by atoms with E-state index in [9.17, 15) is 18.0 Å². The molecule has 0 heterocycles. The number of ether oxygens (including phenoxy) is 2. The SMILES string of the molecule is COc1ccc(C)cc1NC(=O)C(C)OC(=O)c1cccc(S(=O)(=O)Nc2ccc(C)cc2)c1. The fourth-order valence-corrected chi connectivity index (χ4v) is 4.17. The molecular weight excluding hydrogens is 456 g/mol. The van der Waals surface area contributed by atoms with Crippen LogP contribution in [0.4, 0.5) is 11.4 Å². The van der Waals surface area contributed by atoms with E-state index in [1.807, 2.05) is 19.9 Å². The summed E-state index contributed by atoms with van der Waals surface area (Å²) in [5, 5.41) is 2.68. The van der Waals surface area contributed by atoms with E-state index in [2.05, 4.69) is 10.0 Å². The van der Waals surface area contributed by atoms with Gasteiger partial charge in [-0.2, -0.15) is 0 Å². The molecule has 1 atom stereocenters. The molecule has 0 aliphatic carbocycles. The first-order valence-electron chi connectivity index (χ1n) is 10.4. The maximum atomic E-state index is 12.7. The van der Waals surface area contributed by atoms with Gasteiger partial charge in [-0.05, 0) is 68.8 Å². The number of carbonyl (C=O) groups excluding carboxylic acids is 2. The predicted octanol–water partition coefficient (Wildman–Crippen LogP) is 4.30. The number of amides is 1. The highest BCUT2D eigenvalue weighted by Crippen LogP contribution is 2.25. The number of sulfonamides is 1. The molecule has 9 heteroatoms. The lowest BCUT2D eigenvalue weighted by Crippen LogP contribution is -2.30. The average Bonchev–Trinajstić information content (AvgIpc) is 2.80. The third-order valence-electron chi connectivity index (χ3n) is 4.95. The Balaban J connectivity index is 1.70. The van der Waals surface area contributed by atoms with Gasteiger partial charge in [0, 0.05) is 5.69 Å². The summed E-state index contributed by atoms with van der Waals surface area (Å²) in [6.07, 6.45) is -1.14. The first-order valence-corrected chi connectivity index (χ1v) is 11.9. The lowest BCUT2D eigenvalue weighted by Gasteiger charge is -2.16. The van der Waals surface area contributed by atoms with Gasteiger partial charge in [-0.3, -0.25) is 9.52 Å². The highest BCUT2D eigenvalue weighted by Gasteiger charge is 2.22. The molecule has 0 fully saturated rings. The molecule has 3 aromatic carbocycles. The summed E-state index contributed by atoms with van der Waals surface area (Å²) in [6, 6.07) is 17.6. The summed E-state index contributed by atoms with van der Waals surface area (Å²) in [4.78, 5) is 25.1. The Morgan fingerprint density at radius 3 is 2.26 bits per heavy atom. The van der Waals surface area contributed by atoms with Crippen molar-refractivity contribution in [3.63, 3.8) is 0 Å². The van der Waals surface area contributed by atoms with Crippen molar-refractivity contribution in [3.05, 3.63) is 83.4 Å². The van der Waals surface area contributed by atoms with E-state index in [1.165, 1.54) is 38.3 Å². The van der Waals surface area contributed by atoms with Crippen LogP contribution in [0.1, 0.15) is 28.4 Å². The van der Waals surface area contributed by atoms with Crippen molar-refractivity contribution in [2.45, 2.75) is 31.8 Å². The quantitative estimate of drug-likeness (QED) is 0.463. The number of hydrogen-bond donors (Lipinski definition) is 2. The van der Waals surface area contributed by atoms with Gasteiger partial charge in [0.2, 0.25) is 0 Å². The first-order chi connectivity index (χ1) is 16.1. The summed E-state index contributed by atoms with van der Waals surface area (Å²) >= 11 is 0. The van der Waals surface area contributed by atoms with Crippen LogP contribution in [0.15, 0.2) is 71.6 Å². The monoisotopic (exact) mass is 482 g/mol. The third-order valence-corrected chi connectivity index (χ3v) is 6.33. The number of aryl methyl sites for hydroxylation is 2. The van der Waals surface area contributed by atoms with Crippen LogP contribution in [0.5, 0.6) is 5.75 Å². The van der Waals surface area contributed by atoms with Crippen LogP contribution < -0.4 is 14.8 Å². The molecule has 0 aliphatic heterocycles. The molecule has 0 bridgehead atoms. The lowest BCUT2D eigenvalue weighted by molar-refractivity contribution is -0.123. The molecule has 1 unspecified atom stereocenters. The highest BCUT2D eigenvalue weighted by atomic mass is 32.2. The van der Waals surface area contributed by atoms with E-state index in [4.69, 9.17) is 9.47 Å². The number of carbonyl (C=O) groups is 2. The van der Waals surface area contributed by atoms with Gasteiger partial charge in [-0.25, -0.2) is 13.2 Å². The zero-order valence-corrected chi connectivity index (χ0v) is 20.1. The zero-order valence-electron chi connectivity index (χ0n) is 19.3. The molecule has 1 amide bonds. The van der Waals surface area contributed by atoms with Crippen LogP contribution in [-0.4, -0.2) is 33.5 Å². The fraction of sp³-hybridized carbons (Fsp3) is 0.200. The Kier molecular flexibility index (Phi) is 7.57. The molecule has 0 saturated carbocycles. The van der Waals surface area contributed by atoms with Crippen LogP contribution in [0.2, 0.25) is 0 Å². The number of nitrogens with one attached hydrogen (secondary N) is 2. The standard InChI is InChI=1S/C25H26N2O6S/c1-16-8-11-20(12-9-16)27-34(30,31)21-7-5-6-19(15-21)25(29)33-18(3)24(28)26-22-14-17(2)10-13-23(22)32-4/h5-15,18,27H,1-4H3,(H,26,28). The van der Waals surface area contributed by atoms with Crippen molar-refractivity contribution in [3.8, 4) is 5.75 Å². The van der Waals surface area contributed by atoms with E-state index in [-0.39, 0.29) is 10.5 Å². The minimum absolute atomic E-state index is 0.000401. The molecule has 8 nitrogen and oxygen atoms in total. The van der Waals surface area contributed by atoms with Crippen LogP contribution in [0.3, 0.4) is 0 Å². The average molecular weight is 483 g/mol. The van der Waals surface area contributed by atoms with Crippen molar-refractivity contribution in [1.29, 1.82) is 0 Å².